The molecule has 1 aromatic heterocycles. The van der Waals surface area contributed by atoms with E-state index in [9.17, 15) is 4.79 Å². The van der Waals surface area contributed by atoms with Gasteiger partial charge in [0.15, 0.2) is 0 Å². The Morgan fingerprint density at radius 2 is 1.92 bits per heavy atom. The Bertz CT molecular complexity index is 733. The van der Waals surface area contributed by atoms with Crippen molar-refractivity contribution in [1.29, 1.82) is 0 Å². The van der Waals surface area contributed by atoms with Crippen molar-refractivity contribution < 1.29 is 4.79 Å². The van der Waals surface area contributed by atoms with Gasteiger partial charge in [-0.05, 0) is 51.8 Å². The fourth-order valence-corrected chi connectivity index (χ4v) is 3.07. The molecule has 26 heavy (non-hydrogen) atoms. The fraction of sp³-hybridized carbons (Fsp3) is 0.500. The van der Waals surface area contributed by atoms with Crippen LogP contribution in [0.1, 0.15) is 57.7 Å². The van der Waals surface area contributed by atoms with Crippen LogP contribution in [0.3, 0.4) is 0 Å². The minimum Gasteiger partial charge on any atom is -0.312 e. The van der Waals surface area contributed by atoms with Crippen LogP contribution in [0, 0.1) is 0 Å². The van der Waals surface area contributed by atoms with Crippen molar-refractivity contribution in [2.75, 3.05) is 11.4 Å². The van der Waals surface area contributed by atoms with Gasteiger partial charge in [-0.15, -0.1) is 12.4 Å². The Morgan fingerprint density at radius 1 is 1.23 bits per heavy atom. The molecule has 5 nitrogen and oxygen atoms in total. The van der Waals surface area contributed by atoms with Crippen molar-refractivity contribution >= 4 is 24.0 Å². The van der Waals surface area contributed by atoms with Gasteiger partial charge in [0.1, 0.15) is 0 Å². The minimum atomic E-state index is 0. The number of halogens is 1. The van der Waals surface area contributed by atoms with Gasteiger partial charge in [-0.1, -0.05) is 12.1 Å². The van der Waals surface area contributed by atoms with Crippen molar-refractivity contribution in [3.63, 3.8) is 0 Å². The Kier molecular flexibility index (Phi) is 6.48. The minimum absolute atomic E-state index is 0. The van der Waals surface area contributed by atoms with E-state index in [-0.39, 0.29) is 29.9 Å². The van der Waals surface area contributed by atoms with Crippen LogP contribution < -0.4 is 10.2 Å². The highest BCUT2D eigenvalue weighted by atomic mass is 35.5. The van der Waals surface area contributed by atoms with Crippen molar-refractivity contribution in [2.45, 2.75) is 58.7 Å². The number of benzene rings is 1. The van der Waals surface area contributed by atoms with E-state index in [0.717, 1.165) is 25.2 Å². The predicted octanol–water partition coefficient (Wildman–Crippen LogP) is 4.04. The molecular formula is C20H29ClN4O. The lowest BCUT2D eigenvalue weighted by atomic mass is 10.1. The van der Waals surface area contributed by atoms with Crippen LogP contribution in [-0.4, -0.2) is 22.2 Å². The van der Waals surface area contributed by atoms with E-state index in [0.29, 0.717) is 6.42 Å². The maximum atomic E-state index is 11.8. The predicted molar refractivity (Wildman–Crippen MR) is 108 cm³/mol. The lowest BCUT2D eigenvalue weighted by molar-refractivity contribution is -0.117. The van der Waals surface area contributed by atoms with Gasteiger partial charge >= 0.3 is 0 Å². The quantitative estimate of drug-likeness (QED) is 0.856. The fourth-order valence-electron chi connectivity index (χ4n) is 3.07. The first kappa shape index (κ1) is 20.5. The summed E-state index contributed by atoms with van der Waals surface area (Å²) in [7, 11) is 0. The molecule has 1 unspecified atom stereocenters. The number of aromatic nitrogens is 2. The summed E-state index contributed by atoms with van der Waals surface area (Å²) in [4.78, 5) is 13.7. The number of carbonyl (C=O) groups is 1. The summed E-state index contributed by atoms with van der Waals surface area (Å²) in [5.41, 5.74) is 3.41. The van der Waals surface area contributed by atoms with Crippen LogP contribution in [0.5, 0.6) is 0 Å². The van der Waals surface area contributed by atoms with E-state index in [4.69, 9.17) is 0 Å². The summed E-state index contributed by atoms with van der Waals surface area (Å²) in [6.07, 6.45) is 5.65. The molecule has 1 amide bonds. The van der Waals surface area contributed by atoms with Gasteiger partial charge in [0.2, 0.25) is 5.91 Å². The highest BCUT2D eigenvalue weighted by Gasteiger charge is 2.21. The highest BCUT2D eigenvalue weighted by molar-refractivity contribution is 5.95. The first-order valence-corrected chi connectivity index (χ1v) is 9.02. The van der Waals surface area contributed by atoms with Gasteiger partial charge in [0.05, 0.1) is 11.7 Å². The Labute approximate surface area is 162 Å². The van der Waals surface area contributed by atoms with E-state index < -0.39 is 0 Å². The van der Waals surface area contributed by atoms with Crippen molar-refractivity contribution in [1.82, 2.24) is 15.1 Å². The van der Waals surface area contributed by atoms with Crippen LogP contribution in [0.25, 0.3) is 0 Å². The molecule has 1 N–H and O–H groups in total. The first-order chi connectivity index (χ1) is 11.8. The van der Waals surface area contributed by atoms with E-state index in [2.05, 4.69) is 56.4 Å². The standard InChI is InChI=1S/C20H28N4O.ClH/c1-15(21-12-16-13-22-24(14-16)20(2,3)4)17-7-9-18(10-8-17)23-11-5-6-19(23)25;/h7-10,13-15,21H,5-6,11-12H2,1-4H3;1H. The number of carbonyl (C=O) groups excluding carboxylic acids is 1. The molecular weight excluding hydrogens is 348 g/mol. The van der Waals surface area contributed by atoms with Gasteiger partial charge in [-0.2, -0.15) is 5.10 Å². The number of hydrogen-bond acceptors (Lipinski definition) is 3. The molecule has 1 aliphatic rings. The molecule has 1 saturated heterocycles. The number of anilines is 1. The average molecular weight is 377 g/mol. The number of rotatable bonds is 5. The van der Waals surface area contributed by atoms with Gasteiger partial charge < -0.3 is 10.2 Å². The zero-order chi connectivity index (χ0) is 18.0. The third kappa shape index (κ3) is 4.65. The normalized spacial score (nSPS) is 15.8. The number of nitrogens with zero attached hydrogens (tertiary/aromatic N) is 3. The maximum Gasteiger partial charge on any atom is 0.227 e. The van der Waals surface area contributed by atoms with Gasteiger partial charge in [0, 0.05) is 43.0 Å². The molecule has 2 aromatic rings. The number of amides is 1. The average Bonchev–Trinajstić information content (AvgIpc) is 3.21. The summed E-state index contributed by atoms with van der Waals surface area (Å²) in [5.74, 6) is 0.231. The molecule has 0 aliphatic carbocycles. The van der Waals surface area contributed by atoms with Gasteiger partial charge in [-0.3, -0.25) is 9.48 Å². The molecule has 0 radical (unpaired) electrons. The van der Waals surface area contributed by atoms with Crippen LogP contribution >= 0.6 is 12.4 Å². The van der Waals surface area contributed by atoms with Crippen LogP contribution in [0.4, 0.5) is 5.69 Å². The second kappa shape index (κ2) is 8.23. The lowest BCUT2D eigenvalue weighted by Gasteiger charge is -2.19. The molecule has 1 atom stereocenters. The van der Waals surface area contributed by atoms with Crippen LogP contribution in [0.15, 0.2) is 36.7 Å². The highest BCUT2D eigenvalue weighted by Crippen LogP contribution is 2.23. The Balaban J connectivity index is 0.00000243. The maximum absolute atomic E-state index is 11.8. The van der Waals surface area contributed by atoms with E-state index in [1.807, 2.05) is 27.9 Å². The molecule has 6 heteroatoms. The van der Waals surface area contributed by atoms with E-state index in [1.54, 1.807) is 0 Å². The van der Waals surface area contributed by atoms with Crippen LogP contribution in [-0.2, 0) is 16.9 Å². The summed E-state index contributed by atoms with van der Waals surface area (Å²) >= 11 is 0. The van der Waals surface area contributed by atoms with Crippen molar-refractivity contribution in [3.8, 4) is 0 Å². The largest absolute Gasteiger partial charge is 0.312 e. The monoisotopic (exact) mass is 376 g/mol. The molecule has 1 aliphatic heterocycles. The van der Waals surface area contributed by atoms with Gasteiger partial charge in [0.25, 0.3) is 0 Å². The second-order valence-electron chi connectivity index (χ2n) is 7.81. The van der Waals surface area contributed by atoms with E-state index >= 15 is 0 Å². The zero-order valence-electron chi connectivity index (χ0n) is 16.0. The summed E-state index contributed by atoms with van der Waals surface area (Å²) in [6.45, 7) is 10.2. The van der Waals surface area contributed by atoms with E-state index in [1.165, 1.54) is 11.1 Å². The Morgan fingerprint density at radius 3 is 2.46 bits per heavy atom. The van der Waals surface area contributed by atoms with Gasteiger partial charge in [-0.25, -0.2) is 0 Å². The smallest absolute Gasteiger partial charge is 0.227 e. The molecule has 0 spiro atoms. The second-order valence-corrected chi connectivity index (χ2v) is 7.81. The molecule has 3 rings (SSSR count). The van der Waals surface area contributed by atoms with Crippen LogP contribution in [0.2, 0.25) is 0 Å². The third-order valence-electron chi connectivity index (χ3n) is 4.71. The molecule has 1 fully saturated rings. The molecule has 0 bridgehead atoms. The summed E-state index contributed by atoms with van der Waals surface area (Å²) in [5, 5.41) is 7.98. The van der Waals surface area contributed by atoms with Crippen molar-refractivity contribution in [3.05, 3.63) is 47.8 Å². The Hall–Kier alpha value is -1.85. The number of hydrogen-bond donors (Lipinski definition) is 1. The van der Waals surface area contributed by atoms with Crippen molar-refractivity contribution in [2.24, 2.45) is 0 Å². The molecule has 2 heterocycles. The topological polar surface area (TPSA) is 50.2 Å². The summed E-state index contributed by atoms with van der Waals surface area (Å²) < 4.78 is 2.00. The third-order valence-corrected chi connectivity index (χ3v) is 4.71. The first-order valence-electron chi connectivity index (χ1n) is 9.02. The summed E-state index contributed by atoms with van der Waals surface area (Å²) in [6, 6.07) is 8.55. The zero-order valence-corrected chi connectivity index (χ0v) is 16.8. The molecule has 1 aromatic carbocycles. The number of nitrogens with one attached hydrogen (secondary N) is 1. The molecule has 0 saturated carbocycles. The lowest BCUT2D eigenvalue weighted by Crippen LogP contribution is -2.24. The molecule has 142 valence electrons. The SMILES string of the molecule is CC(NCc1cnn(C(C)(C)C)c1)c1ccc(N2CCCC2=O)cc1.Cl.